The molecular weight excluding hydrogens is 318 g/mol. The lowest BCUT2D eigenvalue weighted by Crippen LogP contribution is -2.19. The molecule has 0 aliphatic heterocycles. The number of aryl methyl sites for hydroxylation is 2. The van der Waals surface area contributed by atoms with Crippen LogP contribution in [0.3, 0.4) is 0 Å². The second-order valence-electron chi connectivity index (χ2n) is 4.88. The number of nitrogens with one attached hydrogen (secondary N) is 1. The Bertz CT molecular complexity index is 592. The molecule has 20 heavy (non-hydrogen) atoms. The summed E-state index contributed by atoms with van der Waals surface area (Å²) in [5, 5.41) is 3.36. The maximum atomic E-state index is 5.63. The summed E-state index contributed by atoms with van der Waals surface area (Å²) >= 11 is 3.53. The quantitative estimate of drug-likeness (QED) is 0.888. The largest absolute Gasteiger partial charge is 0.496 e. The summed E-state index contributed by atoms with van der Waals surface area (Å²) in [5.41, 5.74) is 2.47. The Morgan fingerprint density at radius 3 is 2.55 bits per heavy atom. The van der Waals surface area contributed by atoms with Crippen molar-refractivity contribution in [3.63, 3.8) is 0 Å². The first-order valence-electron chi connectivity index (χ1n) is 6.61. The Hall–Kier alpha value is -1.26. The molecule has 1 atom stereocenters. The van der Waals surface area contributed by atoms with Crippen LogP contribution < -0.4 is 10.1 Å². The van der Waals surface area contributed by atoms with Crippen LogP contribution in [-0.2, 0) is 6.42 Å². The number of ether oxygens (including phenoxy) is 1. The molecule has 1 aromatic carbocycles. The van der Waals surface area contributed by atoms with Gasteiger partial charge in [-0.3, -0.25) is 0 Å². The lowest BCUT2D eigenvalue weighted by molar-refractivity contribution is 0.412. The number of methoxy groups -OCH3 is 1. The number of hydrogen-bond donors (Lipinski definition) is 1. The molecule has 0 radical (unpaired) electrons. The normalized spacial score (nSPS) is 12.4. The van der Waals surface area contributed by atoms with Crippen molar-refractivity contribution in [1.82, 2.24) is 5.32 Å². The number of likely N-dealkylation sites (N-methyl/N-ethyl adjacent to an activating group) is 1. The standard InChI is InChI=1S/C16H20BrNO2/c1-10-7-13(11(2)20-10)15(18-3)9-12-5-6-16(19-4)14(17)8-12/h5-8,15,18H,9H2,1-4H3. The van der Waals surface area contributed by atoms with E-state index in [2.05, 4.69) is 39.4 Å². The fourth-order valence-electron chi connectivity index (χ4n) is 2.44. The first-order valence-corrected chi connectivity index (χ1v) is 7.41. The van der Waals surface area contributed by atoms with Crippen LogP contribution in [0.15, 0.2) is 33.2 Å². The summed E-state index contributed by atoms with van der Waals surface area (Å²) in [6.07, 6.45) is 0.902. The van der Waals surface area contributed by atoms with Crippen LogP contribution in [-0.4, -0.2) is 14.2 Å². The number of rotatable bonds is 5. The van der Waals surface area contributed by atoms with Crippen LogP contribution in [0.4, 0.5) is 0 Å². The van der Waals surface area contributed by atoms with Crippen LogP contribution in [0.25, 0.3) is 0 Å². The van der Waals surface area contributed by atoms with Gasteiger partial charge in [0.25, 0.3) is 0 Å². The van der Waals surface area contributed by atoms with Crippen molar-refractivity contribution < 1.29 is 9.15 Å². The molecular formula is C16H20BrNO2. The molecule has 0 aliphatic carbocycles. The van der Waals surface area contributed by atoms with Gasteiger partial charge in [-0.1, -0.05) is 6.07 Å². The Labute approximate surface area is 128 Å². The van der Waals surface area contributed by atoms with Gasteiger partial charge < -0.3 is 14.5 Å². The Kier molecular flexibility index (Phi) is 4.89. The van der Waals surface area contributed by atoms with Crippen LogP contribution >= 0.6 is 15.9 Å². The van der Waals surface area contributed by atoms with Crippen molar-refractivity contribution in [1.29, 1.82) is 0 Å². The summed E-state index contributed by atoms with van der Waals surface area (Å²) in [4.78, 5) is 0. The van der Waals surface area contributed by atoms with Crippen LogP contribution in [0.1, 0.15) is 28.7 Å². The van der Waals surface area contributed by atoms with E-state index in [1.165, 1.54) is 11.1 Å². The average Bonchev–Trinajstić information content (AvgIpc) is 2.75. The zero-order valence-electron chi connectivity index (χ0n) is 12.3. The minimum Gasteiger partial charge on any atom is -0.496 e. The van der Waals surface area contributed by atoms with Crippen molar-refractivity contribution in [3.05, 3.63) is 51.4 Å². The molecule has 1 heterocycles. The second kappa shape index (κ2) is 6.46. The van der Waals surface area contributed by atoms with Crippen molar-refractivity contribution in [2.24, 2.45) is 0 Å². The summed E-state index contributed by atoms with van der Waals surface area (Å²) in [7, 11) is 3.65. The monoisotopic (exact) mass is 337 g/mol. The first-order chi connectivity index (χ1) is 9.55. The lowest BCUT2D eigenvalue weighted by Gasteiger charge is -2.16. The van der Waals surface area contributed by atoms with Gasteiger partial charge >= 0.3 is 0 Å². The molecule has 0 aliphatic rings. The van der Waals surface area contributed by atoms with Gasteiger partial charge in [0, 0.05) is 11.6 Å². The molecule has 4 heteroatoms. The summed E-state index contributed by atoms with van der Waals surface area (Å²) in [5.74, 6) is 2.79. The number of hydrogen-bond acceptors (Lipinski definition) is 3. The van der Waals surface area contributed by atoms with E-state index in [4.69, 9.17) is 9.15 Å². The predicted molar refractivity (Wildman–Crippen MR) is 84.4 cm³/mol. The van der Waals surface area contributed by atoms with Crippen LogP contribution in [0, 0.1) is 13.8 Å². The first kappa shape index (κ1) is 15.1. The minimum atomic E-state index is 0.243. The highest BCUT2D eigenvalue weighted by Crippen LogP contribution is 2.29. The van der Waals surface area contributed by atoms with E-state index in [0.717, 1.165) is 28.2 Å². The van der Waals surface area contributed by atoms with Gasteiger partial charge in [-0.05, 0) is 67.0 Å². The third kappa shape index (κ3) is 3.25. The van der Waals surface area contributed by atoms with E-state index in [-0.39, 0.29) is 6.04 Å². The molecule has 0 spiro atoms. The summed E-state index contributed by atoms with van der Waals surface area (Å²) < 4.78 is 11.9. The molecule has 0 saturated carbocycles. The van der Waals surface area contributed by atoms with E-state index < -0.39 is 0 Å². The van der Waals surface area contributed by atoms with E-state index >= 15 is 0 Å². The van der Waals surface area contributed by atoms with E-state index in [1.807, 2.05) is 27.0 Å². The van der Waals surface area contributed by atoms with Gasteiger partial charge in [-0.25, -0.2) is 0 Å². The molecule has 2 aromatic rings. The predicted octanol–water partition coefficient (Wildman–Crippen LogP) is 4.17. The van der Waals surface area contributed by atoms with Gasteiger partial charge in [0.15, 0.2) is 0 Å². The maximum absolute atomic E-state index is 5.63. The number of benzene rings is 1. The average molecular weight is 338 g/mol. The summed E-state index contributed by atoms with van der Waals surface area (Å²) in [6.45, 7) is 3.99. The Morgan fingerprint density at radius 2 is 2.05 bits per heavy atom. The maximum Gasteiger partial charge on any atom is 0.133 e. The third-order valence-corrected chi connectivity index (χ3v) is 4.08. The Morgan fingerprint density at radius 1 is 1.30 bits per heavy atom. The highest BCUT2D eigenvalue weighted by molar-refractivity contribution is 9.10. The fraction of sp³-hybridized carbons (Fsp3) is 0.375. The number of furan rings is 1. The molecule has 0 fully saturated rings. The lowest BCUT2D eigenvalue weighted by atomic mass is 9.99. The van der Waals surface area contributed by atoms with E-state index in [0.29, 0.717) is 0 Å². The van der Waals surface area contributed by atoms with Crippen molar-refractivity contribution >= 4 is 15.9 Å². The Balaban J connectivity index is 2.22. The van der Waals surface area contributed by atoms with Crippen molar-refractivity contribution in [3.8, 4) is 5.75 Å². The van der Waals surface area contributed by atoms with Crippen LogP contribution in [0.5, 0.6) is 5.75 Å². The van der Waals surface area contributed by atoms with Crippen molar-refractivity contribution in [2.75, 3.05) is 14.2 Å². The fourth-order valence-corrected chi connectivity index (χ4v) is 3.02. The molecule has 0 amide bonds. The van der Waals surface area contributed by atoms with Crippen LogP contribution in [0.2, 0.25) is 0 Å². The van der Waals surface area contributed by atoms with Crippen molar-refractivity contribution in [2.45, 2.75) is 26.3 Å². The highest BCUT2D eigenvalue weighted by Gasteiger charge is 2.16. The minimum absolute atomic E-state index is 0.243. The molecule has 108 valence electrons. The molecule has 1 N–H and O–H groups in total. The van der Waals surface area contributed by atoms with E-state index in [9.17, 15) is 0 Å². The number of halogens is 1. The smallest absolute Gasteiger partial charge is 0.133 e. The molecule has 2 rings (SSSR count). The van der Waals surface area contributed by atoms with E-state index in [1.54, 1.807) is 7.11 Å². The molecule has 0 saturated heterocycles. The molecule has 3 nitrogen and oxygen atoms in total. The zero-order valence-corrected chi connectivity index (χ0v) is 13.9. The van der Waals surface area contributed by atoms with Gasteiger partial charge in [0.05, 0.1) is 11.6 Å². The SMILES string of the molecule is CNC(Cc1ccc(OC)c(Br)c1)c1cc(C)oc1C. The molecule has 0 bridgehead atoms. The van der Waals surface area contributed by atoms with Gasteiger partial charge in [0.2, 0.25) is 0 Å². The zero-order chi connectivity index (χ0) is 14.7. The van der Waals surface area contributed by atoms with Gasteiger partial charge in [0.1, 0.15) is 17.3 Å². The second-order valence-corrected chi connectivity index (χ2v) is 5.74. The van der Waals surface area contributed by atoms with Gasteiger partial charge in [-0.15, -0.1) is 0 Å². The van der Waals surface area contributed by atoms with Gasteiger partial charge in [-0.2, -0.15) is 0 Å². The summed E-state index contributed by atoms with van der Waals surface area (Å²) in [6, 6.07) is 8.53. The molecule has 1 aromatic heterocycles. The molecule has 1 unspecified atom stereocenters. The topological polar surface area (TPSA) is 34.4 Å². The highest BCUT2D eigenvalue weighted by atomic mass is 79.9. The third-order valence-electron chi connectivity index (χ3n) is 3.46.